The molecule has 0 aliphatic heterocycles. The van der Waals surface area contributed by atoms with Gasteiger partial charge < -0.3 is 10.2 Å². The van der Waals surface area contributed by atoms with Crippen LogP contribution in [0.5, 0.6) is 0 Å². The lowest BCUT2D eigenvalue weighted by Gasteiger charge is -2.16. The quantitative estimate of drug-likeness (QED) is 0.646. The van der Waals surface area contributed by atoms with Gasteiger partial charge >= 0.3 is 5.97 Å². The number of halogens is 1. The topological polar surface area (TPSA) is 74.6 Å². The Balaban J connectivity index is 3.42. The van der Waals surface area contributed by atoms with Crippen molar-refractivity contribution in [3.05, 3.63) is 34.9 Å². The summed E-state index contributed by atoms with van der Waals surface area (Å²) in [6.45, 7) is 3.51. The zero-order chi connectivity index (χ0) is 13.9. The third-order valence-electron chi connectivity index (χ3n) is 2.71. The number of carbonyl (C=O) groups is 2. The van der Waals surface area contributed by atoms with Gasteiger partial charge in [0.25, 0.3) is 0 Å². The van der Waals surface area contributed by atoms with Gasteiger partial charge in [0.2, 0.25) is 0 Å². The maximum atomic E-state index is 12.0. The van der Waals surface area contributed by atoms with Crippen molar-refractivity contribution in [2.24, 2.45) is 0 Å². The highest BCUT2D eigenvalue weighted by molar-refractivity contribution is 9.10. The van der Waals surface area contributed by atoms with Gasteiger partial charge in [0.05, 0.1) is 4.83 Å². The lowest BCUT2D eigenvalue weighted by molar-refractivity contribution is -0.147. The molecule has 0 spiro atoms. The minimum atomic E-state index is -1.67. The summed E-state index contributed by atoms with van der Waals surface area (Å²) in [5.41, 5.74) is 1.13. The molecule has 1 aromatic carbocycles. The van der Waals surface area contributed by atoms with Crippen molar-refractivity contribution >= 4 is 27.7 Å². The van der Waals surface area contributed by atoms with Crippen LogP contribution < -0.4 is 0 Å². The number of rotatable bonds is 5. The minimum Gasteiger partial charge on any atom is -0.479 e. The van der Waals surface area contributed by atoms with Crippen molar-refractivity contribution < 1.29 is 19.8 Å². The average molecular weight is 315 g/mol. The highest BCUT2D eigenvalue weighted by Crippen LogP contribution is 2.26. The third-order valence-corrected chi connectivity index (χ3v) is 3.13. The number of carbonyl (C=O) groups excluding carboxylic acids is 1. The normalized spacial score (nSPS) is 14.0. The van der Waals surface area contributed by atoms with Crippen LogP contribution in [0.25, 0.3) is 0 Å². The van der Waals surface area contributed by atoms with Crippen LogP contribution in [0.2, 0.25) is 0 Å². The van der Waals surface area contributed by atoms with Crippen LogP contribution in [0.1, 0.15) is 41.4 Å². The minimum absolute atomic E-state index is 0.198. The zero-order valence-electron chi connectivity index (χ0n) is 10.2. The highest BCUT2D eigenvalue weighted by atomic mass is 79.9. The van der Waals surface area contributed by atoms with Crippen LogP contribution >= 0.6 is 15.9 Å². The fourth-order valence-corrected chi connectivity index (χ4v) is 2.04. The Bertz CT molecular complexity index is 468. The monoisotopic (exact) mass is 314 g/mol. The Hall–Kier alpha value is -1.20. The van der Waals surface area contributed by atoms with Gasteiger partial charge in [-0.3, -0.25) is 4.79 Å². The molecule has 4 nitrogen and oxygen atoms in total. The van der Waals surface area contributed by atoms with Gasteiger partial charge in [0, 0.05) is 11.1 Å². The summed E-state index contributed by atoms with van der Waals surface area (Å²) in [5.74, 6) is -1.59. The summed E-state index contributed by atoms with van der Waals surface area (Å²) in [7, 11) is 0. The van der Waals surface area contributed by atoms with Crippen LogP contribution in [0, 0.1) is 0 Å². The Labute approximate surface area is 114 Å². The predicted octanol–water partition coefficient (Wildman–Crippen LogP) is 2.33. The summed E-state index contributed by atoms with van der Waals surface area (Å²) < 4.78 is 0. The maximum absolute atomic E-state index is 12.0. The number of aliphatic carboxylic acids is 1. The smallest absolute Gasteiger partial charge is 0.337 e. The first-order valence-electron chi connectivity index (χ1n) is 5.61. The van der Waals surface area contributed by atoms with E-state index in [1.54, 1.807) is 25.1 Å². The molecule has 98 valence electrons. The Morgan fingerprint density at radius 1 is 1.39 bits per heavy atom. The standard InChI is InChI=1S/C13H15BrO4/c1-3-8-5-4-6-9(11(15)7(2)14)10(8)12(16)13(17)18/h4-7,12,16H,3H2,1-2H3,(H,17,18). The van der Waals surface area contributed by atoms with Gasteiger partial charge in [0.15, 0.2) is 11.9 Å². The molecule has 5 heteroatoms. The average Bonchev–Trinajstić information content (AvgIpc) is 2.35. The first-order valence-corrected chi connectivity index (χ1v) is 6.52. The Morgan fingerprint density at radius 2 is 2.00 bits per heavy atom. The molecule has 18 heavy (non-hydrogen) atoms. The van der Waals surface area contributed by atoms with Crippen molar-refractivity contribution in [3.8, 4) is 0 Å². The van der Waals surface area contributed by atoms with E-state index in [4.69, 9.17) is 5.11 Å². The molecule has 2 atom stereocenters. The molecular weight excluding hydrogens is 300 g/mol. The molecule has 0 aliphatic carbocycles. The van der Waals surface area contributed by atoms with E-state index in [2.05, 4.69) is 15.9 Å². The van der Waals surface area contributed by atoms with E-state index in [0.717, 1.165) is 0 Å². The van der Waals surface area contributed by atoms with E-state index in [9.17, 15) is 14.7 Å². The van der Waals surface area contributed by atoms with Crippen molar-refractivity contribution in [3.63, 3.8) is 0 Å². The number of ketones is 1. The summed E-state index contributed by atoms with van der Waals surface area (Å²) in [5, 5.41) is 18.7. The lowest BCUT2D eigenvalue weighted by atomic mass is 9.92. The number of benzene rings is 1. The number of hydrogen-bond donors (Lipinski definition) is 2. The number of aryl methyl sites for hydroxylation is 1. The van der Waals surface area contributed by atoms with Crippen LogP contribution in [0.3, 0.4) is 0 Å². The van der Waals surface area contributed by atoms with Gasteiger partial charge in [-0.25, -0.2) is 4.79 Å². The summed E-state index contributed by atoms with van der Waals surface area (Å²) in [6.07, 6.45) is -1.12. The fraction of sp³-hybridized carbons (Fsp3) is 0.385. The molecule has 1 rings (SSSR count). The first kappa shape index (κ1) is 14.9. The molecule has 0 bridgehead atoms. The largest absolute Gasteiger partial charge is 0.479 e. The number of aliphatic hydroxyl groups excluding tert-OH is 1. The van der Waals surface area contributed by atoms with Gasteiger partial charge in [-0.1, -0.05) is 41.1 Å². The Kier molecular flexibility index (Phi) is 5.04. The number of aliphatic hydroxyl groups is 1. The van der Waals surface area contributed by atoms with Crippen LogP contribution in [0.15, 0.2) is 18.2 Å². The van der Waals surface area contributed by atoms with E-state index >= 15 is 0 Å². The third kappa shape index (κ3) is 2.97. The predicted molar refractivity (Wildman–Crippen MR) is 71.1 cm³/mol. The SMILES string of the molecule is CCc1cccc(C(=O)C(C)Br)c1C(O)C(=O)O. The van der Waals surface area contributed by atoms with E-state index in [-0.39, 0.29) is 16.9 Å². The molecule has 0 fully saturated rings. The van der Waals surface area contributed by atoms with Crippen molar-refractivity contribution in [2.45, 2.75) is 31.2 Å². The van der Waals surface area contributed by atoms with Gasteiger partial charge in [-0.2, -0.15) is 0 Å². The number of carboxylic acids is 1. The molecule has 0 saturated heterocycles. The van der Waals surface area contributed by atoms with Crippen LogP contribution in [-0.4, -0.2) is 26.8 Å². The van der Waals surface area contributed by atoms with Crippen molar-refractivity contribution in [2.75, 3.05) is 0 Å². The molecule has 0 saturated carbocycles. The molecule has 0 radical (unpaired) electrons. The fourth-order valence-electron chi connectivity index (χ4n) is 1.80. The van der Waals surface area contributed by atoms with E-state index < -0.39 is 16.9 Å². The van der Waals surface area contributed by atoms with Crippen molar-refractivity contribution in [1.82, 2.24) is 0 Å². The molecule has 0 amide bonds. The molecule has 2 N–H and O–H groups in total. The summed E-state index contributed by atoms with van der Waals surface area (Å²) >= 11 is 3.16. The molecule has 1 aromatic rings. The highest BCUT2D eigenvalue weighted by Gasteiger charge is 2.26. The number of hydrogen-bond acceptors (Lipinski definition) is 3. The molecule has 2 unspecified atom stereocenters. The zero-order valence-corrected chi connectivity index (χ0v) is 11.8. The van der Waals surface area contributed by atoms with Gasteiger partial charge in [0.1, 0.15) is 0 Å². The lowest BCUT2D eigenvalue weighted by Crippen LogP contribution is -2.20. The van der Waals surface area contributed by atoms with E-state index in [1.807, 2.05) is 6.92 Å². The molecule has 0 heterocycles. The van der Waals surface area contributed by atoms with Crippen LogP contribution in [-0.2, 0) is 11.2 Å². The second-order valence-corrected chi connectivity index (χ2v) is 5.33. The first-order chi connectivity index (χ1) is 8.40. The van der Waals surface area contributed by atoms with E-state index in [1.165, 1.54) is 0 Å². The second kappa shape index (κ2) is 6.11. The molecule has 0 aliphatic rings. The second-order valence-electron chi connectivity index (χ2n) is 3.95. The van der Waals surface area contributed by atoms with E-state index in [0.29, 0.717) is 12.0 Å². The number of carboxylic acid groups (broad SMARTS) is 1. The van der Waals surface area contributed by atoms with Crippen LogP contribution in [0.4, 0.5) is 0 Å². The molecule has 0 aromatic heterocycles. The molecular formula is C13H15BrO4. The summed E-state index contributed by atoms with van der Waals surface area (Å²) in [6, 6.07) is 4.96. The number of Topliss-reactive ketones (excluding diaryl/α,β-unsaturated/α-hetero) is 1. The Morgan fingerprint density at radius 3 is 2.44 bits per heavy atom. The van der Waals surface area contributed by atoms with Gasteiger partial charge in [-0.05, 0) is 18.9 Å². The number of alkyl halides is 1. The van der Waals surface area contributed by atoms with Gasteiger partial charge in [-0.15, -0.1) is 0 Å². The summed E-state index contributed by atoms with van der Waals surface area (Å²) in [4.78, 5) is 22.5. The maximum Gasteiger partial charge on any atom is 0.337 e. The van der Waals surface area contributed by atoms with Crippen molar-refractivity contribution in [1.29, 1.82) is 0 Å².